The highest BCUT2D eigenvalue weighted by Crippen LogP contribution is 2.37. The molecule has 0 amide bonds. The van der Waals surface area contributed by atoms with Crippen molar-refractivity contribution >= 4 is 30.2 Å². The van der Waals surface area contributed by atoms with E-state index in [-0.39, 0.29) is 5.04 Å². The molecule has 1 rings (SSSR count). The van der Waals surface area contributed by atoms with E-state index < -0.39 is 14.3 Å². The average molecular weight is 359 g/mol. The number of hydrogen-bond acceptors (Lipinski definition) is 2. The Kier molecular flexibility index (Phi) is 5.58. The fourth-order valence-corrected chi connectivity index (χ4v) is 2.96. The molecule has 20 heavy (non-hydrogen) atoms. The van der Waals surface area contributed by atoms with E-state index in [1.54, 1.807) is 6.07 Å². The average Bonchev–Trinajstić information content (AvgIpc) is 2.34. The topological polar surface area (TPSA) is 46.5 Å². The molecule has 0 unspecified atom stereocenters. The molecule has 0 radical (unpaired) electrons. The minimum atomic E-state index is -1.78. The van der Waals surface area contributed by atoms with Crippen LogP contribution in [0.2, 0.25) is 18.1 Å². The van der Waals surface area contributed by atoms with E-state index in [1.807, 2.05) is 12.1 Å². The van der Waals surface area contributed by atoms with E-state index in [0.717, 1.165) is 11.1 Å². The van der Waals surface area contributed by atoms with Gasteiger partial charge in [-0.3, -0.25) is 0 Å². The first-order chi connectivity index (χ1) is 9.08. The van der Waals surface area contributed by atoms with Gasteiger partial charge in [0.1, 0.15) is 0 Å². The molecule has 1 aromatic rings. The van der Waals surface area contributed by atoms with Crippen LogP contribution in [0.3, 0.4) is 0 Å². The number of halogens is 1. The minimum Gasteiger partial charge on any atom is -0.478 e. The zero-order valence-corrected chi connectivity index (χ0v) is 15.4. The fourth-order valence-electron chi connectivity index (χ4n) is 1.54. The summed E-state index contributed by atoms with van der Waals surface area (Å²) in [6, 6.07) is 5.40. The van der Waals surface area contributed by atoms with Crippen LogP contribution in [0, 0.1) is 0 Å². The first-order valence-electron chi connectivity index (χ1n) is 6.63. The van der Waals surface area contributed by atoms with Crippen LogP contribution in [0.4, 0.5) is 0 Å². The molecule has 1 N–H and O–H groups in total. The van der Waals surface area contributed by atoms with Crippen molar-refractivity contribution in [3.63, 3.8) is 0 Å². The van der Waals surface area contributed by atoms with E-state index in [4.69, 9.17) is 9.53 Å². The molecular weight excluding hydrogens is 336 g/mol. The number of hydrogen-bond donors (Lipinski definition) is 1. The summed E-state index contributed by atoms with van der Waals surface area (Å²) in [7, 11) is -1.78. The van der Waals surface area contributed by atoms with Crippen LogP contribution in [-0.4, -0.2) is 19.4 Å². The molecule has 0 aliphatic heterocycles. The lowest BCUT2D eigenvalue weighted by Crippen LogP contribution is -2.40. The highest BCUT2D eigenvalue weighted by molar-refractivity contribution is 9.08. The smallest absolute Gasteiger partial charge is 0.335 e. The second-order valence-electron chi connectivity index (χ2n) is 6.48. The van der Waals surface area contributed by atoms with Crippen molar-refractivity contribution in [2.24, 2.45) is 0 Å². The van der Waals surface area contributed by atoms with Gasteiger partial charge in [-0.2, -0.15) is 0 Å². The summed E-state index contributed by atoms with van der Waals surface area (Å²) in [5.74, 6) is -0.892. The summed E-state index contributed by atoms with van der Waals surface area (Å²) < 4.78 is 6.16. The number of rotatable bonds is 5. The Labute approximate surface area is 130 Å². The van der Waals surface area contributed by atoms with E-state index in [2.05, 4.69) is 49.8 Å². The van der Waals surface area contributed by atoms with Gasteiger partial charge in [0, 0.05) is 5.33 Å². The monoisotopic (exact) mass is 358 g/mol. The van der Waals surface area contributed by atoms with Crippen LogP contribution < -0.4 is 0 Å². The summed E-state index contributed by atoms with van der Waals surface area (Å²) >= 11 is 3.34. The Hall–Kier alpha value is -0.653. The lowest BCUT2D eigenvalue weighted by atomic mass is 10.1. The van der Waals surface area contributed by atoms with Crippen molar-refractivity contribution in [1.82, 2.24) is 0 Å². The molecule has 0 aliphatic rings. The molecule has 0 saturated heterocycles. The zero-order chi connectivity index (χ0) is 15.6. The van der Waals surface area contributed by atoms with Gasteiger partial charge in [-0.1, -0.05) is 48.8 Å². The van der Waals surface area contributed by atoms with Gasteiger partial charge in [-0.15, -0.1) is 0 Å². The molecule has 0 bridgehead atoms. The fraction of sp³-hybridized carbons (Fsp3) is 0.533. The zero-order valence-electron chi connectivity index (χ0n) is 12.8. The van der Waals surface area contributed by atoms with Gasteiger partial charge in [-0.05, 0) is 35.3 Å². The summed E-state index contributed by atoms with van der Waals surface area (Å²) in [6.45, 7) is 11.6. The quantitative estimate of drug-likeness (QED) is 0.607. The third-order valence-electron chi connectivity index (χ3n) is 3.95. The summed E-state index contributed by atoms with van der Waals surface area (Å²) in [4.78, 5) is 11.1. The van der Waals surface area contributed by atoms with E-state index in [0.29, 0.717) is 17.5 Å². The third-order valence-corrected chi connectivity index (χ3v) is 9.03. The first-order valence-corrected chi connectivity index (χ1v) is 10.7. The number of benzene rings is 1. The van der Waals surface area contributed by atoms with E-state index >= 15 is 0 Å². The Morgan fingerprint density at radius 1 is 1.35 bits per heavy atom. The molecule has 0 spiro atoms. The maximum atomic E-state index is 11.1. The number of carboxylic acids is 1. The summed E-state index contributed by atoms with van der Waals surface area (Å²) in [6.07, 6.45) is 0. The Morgan fingerprint density at radius 2 is 1.95 bits per heavy atom. The van der Waals surface area contributed by atoms with Gasteiger partial charge in [0.15, 0.2) is 8.32 Å². The number of alkyl halides is 1. The standard InChI is InChI=1S/C15H23BrO3Si/c1-15(2,3)20(4,5)19-10-11-6-7-13(14(17)18)12(8-11)9-16/h6-8H,9-10H2,1-5H3,(H,17,18). The third kappa shape index (κ3) is 4.17. The van der Waals surface area contributed by atoms with Gasteiger partial charge in [0.25, 0.3) is 0 Å². The number of carboxylic acid groups (broad SMARTS) is 1. The molecule has 0 fully saturated rings. The van der Waals surface area contributed by atoms with Gasteiger partial charge >= 0.3 is 5.97 Å². The van der Waals surface area contributed by atoms with Crippen molar-refractivity contribution in [3.8, 4) is 0 Å². The normalized spacial score (nSPS) is 12.5. The van der Waals surface area contributed by atoms with Crippen molar-refractivity contribution in [2.75, 3.05) is 0 Å². The van der Waals surface area contributed by atoms with Gasteiger partial charge < -0.3 is 9.53 Å². The summed E-state index contributed by atoms with van der Waals surface area (Å²) in [5.41, 5.74) is 2.15. The molecule has 0 aromatic heterocycles. The summed E-state index contributed by atoms with van der Waals surface area (Å²) in [5, 5.41) is 9.81. The molecule has 0 atom stereocenters. The second-order valence-corrected chi connectivity index (χ2v) is 11.8. The van der Waals surface area contributed by atoms with E-state index in [1.165, 1.54) is 0 Å². The highest BCUT2D eigenvalue weighted by atomic mass is 79.9. The van der Waals surface area contributed by atoms with Crippen LogP contribution in [-0.2, 0) is 16.4 Å². The Balaban J connectivity index is 2.88. The molecule has 112 valence electrons. The van der Waals surface area contributed by atoms with Crippen LogP contribution in [0.25, 0.3) is 0 Å². The Morgan fingerprint density at radius 3 is 2.40 bits per heavy atom. The molecule has 3 nitrogen and oxygen atoms in total. The molecule has 5 heteroatoms. The predicted octanol–water partition coefficient (Wildman–Crippen LogP) is 4.80. The van der Waals surface area contributed by atoms with Crippen LogP contribution in [0.15, 0.2) is 18.2 Å². The largest absolute Gasteiger partial charge is 0.478 e. The highest BCUT2D eigenvalue weighted by Gasteiger charge is 2.37. The first kappa shape index (κ1) is 17.4. The van der Waals surface area contributed by atoms with Crippen molar-refractivity contribution < 1.29 is 14.3 Å². The van der Waals surface area contributed by atoms with Crippen molar-refractivity contribution in [1.29, 1.82) is 0 Å². The molecular formula is C15H23BrO3Si. The van der Waals surface area contributed by atoms with Crippen LogP contribution in [0.5, 0.6) is 0 Å². The lowest BCUT2D eigenvalue weighted by molar-refractivity contribution is 0.0696. The lowest BCUT2D eigenvalue weighted by Gasteiger charge is -2.36. The maximum Gasteiger partial charge on any atom is 0.335 e. The second kappa shape index (κ2) is 6.41. The van der Waals surface area contributed by atoms with Crippen molar-refractivity contribution in [2.45, 2.75) is 50.8 Å². The Bertz CT molecular complexity index is 492. The SMILES string of the molecule is CC(C)(C)[Si](C)(C)OCc1ccc(C(=O)O)c(CBr)c1. The van der Waals surface area contributed by atoms with Gasteiger partial charge in [0.2, 0.25) is 0 Å². The van der Waals surface area contributed by atoms with Crippen LogP contribution >= 0.6 is 15.9 Å². The van der Waals surface area contributed by atoms with E-state index in [9.17, 15) is 4.79 Å². The molecule has 1 aromatic carbocycles. The van der Waals surface area contributed by atoms with Crippen LogP contribution in [0.1, 0.15) is 42.3 Å². The maximum absolute atomic E-state index is 11.1. The van der Waals surface area contributed by atoms with Crippen molar-refractivity contribution in [3.05, 3.63) is 34.9 Å². The van der Waals surface area contributed by atoms with Gasteiger partial charge in [-0.25, -0.2) is 4.79 Å². The molecule has 0 saturated carbocycles. The minimum absolute atomic E-state index is 0.173. The number of carbonyl (C=O) groups is 1. The number of aromatic carboxylic acids is 1. The van der Waals surface area contributed by atoms with Gasteiger partial charge in [0.05, 0.1) is 12.2 Å². The molecule has 0 aliphatic carbocycles. The molecule has 0 heterocycles. The predicted molar refractivity (Wildman–Crippen MR) is 88.0 cm³/mol.